The van der Waals surface area contributed by atoms with Crippen molar-refractivity contribution in [3.8, 4) is 0 Å². The summed E-state index contributed by atoms with van der Waals surface area (Å²) < 4.78 is 0. The summed E-state index contributed by atoms with van der Waals surface area (Å²) in [6, 6.07) is 14.9. The van der Waals surface area contributed by atoms with Crippen LogP contribution in [0.1, 0.15) is 24.1 Å². The number of thiocarbonyl (C=S) groups is 1. The molecule has 0 aromatic heterocycles. The van der Waals surface area contributed by atoms with Gasteiger partial charge in [-0.3, -0.25) is 4.79 Å². The van der Waals surface area contributed by atoms with Crippen LogP contribution in [0, 0.1) is 6.92 Å². The number of amides is 1. The van der Waals surface area contributed by atoms with Gasteiger partial charge in [-0.1, -0.05) is 53.6 Å². The topological polar surface area (TPSA) is 53.2 Å². The Morgan fingerprint density at radius 1 is 1.12 bits per heavy atom. The maximum atomic E-state index is 12.9. The Balaban J connectivity index is 1.96. The fourth-order valence-electron chi connectivity index (χ4n) is 2.76. The van der Waals surface area contributed by atoms with E-state index in [-0.39, 0.29) is 11.9 Å². The van der Waals surface area contributed by atoms with Crippen LogP contribution in [0.3, 0.4) is 0 Å². The minimum absolute atomic E-state index is 0.223. The molecule has 0 spiro atoms. The van der Waals surface area contributed by atoms with Gasteiger partial charge >= 0.3 is 0 Å². The van der Waals surface area contributed by atoms with E-state index in [0.717, 1.165) is 16.8 Å². The van der Waals surface area contributed by atoms with Crippen molar-refractivity contribution in [3.63, 3.8) is 0 Å². The van der Waals surface area contributed by atoms with Crippen LogP contribution >= 0.6 is 23.8 Å². The van der Waals surface area contributed by atoms with Crippen molar-refractivity contribution in [2.45, 2.75) is 19.9 Å². The molecule has 1 aliphatic heterocycles. The average Bonchev–Trinajstić information content (AvgIpc) is 2.57. The summed E-state index contributed by atoms with van der Waals surface area (Å²) in [6.07, 6.45) is 0. The number of nitrogens with one attached hydrogen (secondary N) is 3. The Labute approximate surface area is 157 Å². The van der Waals surface area contributed by atoms with Crippen LogP contribution in [0.25, 0.3) is 0 Å². The van der Waals surface area contributed by atoms with Gasteiger partial charge in [-0.2, -0.15) is 0 Å². The van der Waals surface area contributed by atoms with Crippen LogP contribution in [0.4, 0.5) is 5.69 Å². The Kier molecular flexibility index (Phi) is 5.06. The van der Waals surface area contributed by atoms with E-state index in [1.54, 1.807) is 12.1 Å². The Bertz CT molecular complexity index is 861. The summed E-state index contributed by atoms with van der Waals surface area (Å²) in [7, 11) is 0. The van der Waals surface area contributed by atoms with Crippen LogP contribution in [0.15, 0.2) is 59.8 Å². The minimum Gasteiger partial charge on any atom is -0.351 e. The van der Waals surface area contributed by atoms with E-state index in [2.05, 4.69) is 16.0 Å². The van der Waals surface area contributed by atoms with Crippen LogP contribution in [-0.2, 0) is 4.79 Å². The predicted octanol–water partition coefficient (Wildman–Crippen LogP) is 4.08. The SMILES string of the molecule is CC1=C(C(=O)Nc2ccccc2Cl)C(c2ccc(C)cc2)NC(=S)N1. The summed E-state index contributed by atoms with van der Waals surface area (Å²) in [5, 5.41) is 10.1. The quantitative estimate of drug-likeness (QED) is 0.711. The summed E-state index contributed by atoms with van der Waals surface area (Å²) in [5.41, 5.74) is 4.00. The predicted molar refractivity (Wildman–Crippen MR) is 106 cm³/mol. The van der Waals surface area contributed by atoms with Gasteiger partial charge < -0.3 is 16.0 Å². The first-order valence-electron chi connectivity index (χ1n) is 7.86. The third-order valence-corrected chi connectivity index (χ3v) is 4.60. The molecule has 3 N–H and O–H groups in total. The first-order valence-corrected chi connectivity index (χ1v) is 8.65. The molecule has 1 heterocycles. The summed E-state index contributed by atoms with van der Waals surface area (Å²) >= 11 is 11.4. The van der Waals surface area contributed by atoms with Gasteiger partial charge in [0.05, 0.1) is 22.3 Å². The number of aryl methyl sites for hydroxylation is 1. The van der Waals surface area contributed by atoms with Crippen LogP contribution in [0.2, 0.25) is 5.02 Å². The molecule has 0 radical (unpaired) electrons. The largest absolute Gasteiger partial charge is 0.351 e. The average molecular weight is 372 g/mol. The Morgan fingerprint density at radius 2 is 1.80 bits per heavy atom. The number of benzene rings is 2. The molecule has 3 rings (SSSR count). The maximum Gasteiger partial charge on any atom is 0.255 e. The van der Waals surface area contributed by atoms with Crippen molar-refractivity contribution in [3.05, 3.63) is 76.0 Å². The highest BCUT2D eigenvalue weighted by molar-refractivity contribution is 7.80. The molecule has 0 saturated heterocycles. The number of carbonyl (C=O) groups is 1. The first-order chi connectivity index (χ1) is 12.0. The summed E-state index contributed by atoms with van der Waals surface area (Å²) in [5.74, 6) is -0.223. The van der Waals surface area contributed by atoms with E-state index >= 15 is 0 Å². The van der Waals surface area contributed by atoms with Crippen molar-refractivity contribution in [2.24, 2.45) is 0 Å². The normalized spacial score (nSPS) is 16.9. The molecule has 128 valence electrons. The molecule has 6 heteroatoms. The molecular formula is C19H18ClN3OS. The minimum atomic E-state index is -0.322. The molecule has 0 saturated carbocycles. The van der Waals surface area contributed by atoms with Crippen LogP contribution < -0.4 is 16.0 Å². The third-order valence-electron chi connectivity index (χ3n) is 4.05. The van der Waals surface area contributed by atoms with E-state index in [1.165, 1.54) is 0 Å². The number of rotatable bonds is 3. The van der Waals surface area contributed by atoms with Gasteiger partial charge in [-0.25, -0.2) is 0 Å². The standard InChI is InChI=1S/C19H18ClN3OS/c1-11-7-9-13(10-8-11)17-16(12(2)21-19(25)23-17)18(24)22-15-6-4-3-5-14(15)20/h3-10,17H,1-2H3,(H,22,24)(H2,21,23,25). The van der Waals surface area contributed by atoms with Gasteiger partial charge in [0.25, 0.3) is 5.91 Å². The number of halogens is 1. The van der Waals surface area contributed by atoms with Crippen molar-refractivity contribution in [2.75, 3.05) is 5.32 Å². The molecule has 4 nitrogen and oxygen atoms in total. The summed E-state index contributed by atoms with van der Waals surface area (Å²) in [4.78, 5) is 12.9. The highest BCUT2D eigenvalue weighted by atomic mass is 35.5. The molecular weight excluding hydrogens is 354 g/mol. The fraction of sp³-hybridized carbons (Fsp3) is 0.158. The second kappa shape index (κ2) is 7.25. The Hall–Kier alpha value is -2.37. The maximum absolute atomic E-state index is 12.9. The van der Waals surface area contributed by atoms with Crippen molar-refractivity contribution in [1.82, 2.24) is 10.6 Å². The second-order valence-electron chi connectivity index (χ2n) is 5.91. The van der Waals surface area contributed by atoms with E-state index < -0.39 is 0 Å². The zero-order chi connectivity index (χ0) is 18.0. The van der Waals surface area contributed by atoms with E-state index in [9.17, 15) is 4.79 Å². The van der Waals surface area contributed by atoms with E-state index in [0.29, 0.717) is 21.4 Å². The summed E-state index contributed by atoms with van der Waals surface area (Å²) in [6.45, 7) is 3.87. The lowest BCUT2D eigenvalue weighted by molar-refractivity contribution is -0.113. The fourth-order valence-corrected chi connectivity index (χ4v) is 3.21. The van der Waals surface area contributed by atoms with Gasteiger partial charge in [0.15, 0.2) is 5.11 Å². The van der Waals surface area contributed by atoms with Gasteiger partial charge in [0.1, 0.15) is 0 Å². The van der Waals surface area contributed by atoms with Crippen LogP contribution in [0.5, 0.6) is 0 Å². The molecule has 0 bridgehead atoms. The van der Waals surface area contributed by atoms with E-state index in [1.807, 2.05) is 50.2 Å². The molecule has 0 aliphatic carbocycles. The molecule has 2 aromatic rings. The van der Waals surface area contributed by atoms with Crippen molar-refractivity contribution in [1.29, 1.82) is 0 Å². The number of anilines is 1. The second-order valence-corrected chi connectivity index (χ2v) is 6.73. The lowest BCUT2D eigenvalue weighted by Gasteiger charge is -2.30. The molecule has 1 amide bonds. The monoisotopic (exact) mass is 371 g/mol. The molecule has 1 atom stereocenters. The highest BCUT2D eigenvalue weighted by Gasteiger charge is 2.30. The lowest BCUT2D eigenvalue weighted by atomic mass is 9.94. The smallest absolute Gasteiger partial charge is 0.255 e. The highest BCUT2D eigenvalue weighted by Crippen LogP contribution is 2.29. The number of hydrogen-bond donors (Lipinski definition) is 3. The van der Waals surface area contributed by atoms with Gasteiger partial charge in [-0.15, -0.1) is 0 Å². The number of para-hydroxylation sites is 1. The van der Waals surface area contributed by atoms with Crippen LogP contribution in [-0.4, -0.2) is 11.0 Å². The molecule has 2 aromatic carbocycles. The lowest BCUT2D eigenvalue weighted by Crippen LogP contribution is -2.45. The number of allylic oxidation sites excluding steroid dienone is 1. The molecule has 1 unspecified atom stereocenters. The van der Waals surface area contributed by atoms with E-state index in [4.69, 9.17) is 23.8 Å². The van der Waals surface area contributed by atoms with Gasteiger partial charge in [0, 0.05) is 5.70 Å². The Morgan fingerprint density at radius 3 is 2.48 bits per heavy atom. The third kappa shape index (κ3) is 3.83. The number of hydrogen-bond acceptors (Lipinski definition) is 2. The molecule has 25 heavy (non-hydrogen) atoms. The van der Waals surface area contributed by atoms with Gasteiger partial charge in [0.2, 0.25) is 0 Å². The zero-order valence-corrected chi connectivity index (χ0v) is 15.5. The van der Waals surface area contributed by atoms with Crippen molar-refractivity contribution < 1.29 is 4.79 Å². The molecule has 0 fully saturated rings. The molecule has 1 aliphatic rings. The first kappa shape index (κ1) is 17.5. The zero-order valence-electron chi connectivity index (χ0n) is 13.9. The van der Waals surface area contributed by atoms with Gasteiger partial charge in [-0.05, 0) is 43.8 Å². The van der Waals surface area contributed by atoms with Crippen molar-refractivity contribution >= 4 is 40.5 Å². The number of carbonyl (C=O) groups excluding carboxylic acids is 1.